The molecular weight excluding hydrogens is 406 g/mol. The van der Waals surface area contributed by atoms with Crippen LogP contribution in [0.1, 0.15) is 17.3 Å². The number of fused-ring (bicyclic) bond motifs is 1. The topological polar surface area (TPSA) is 104 Å². The summed E-state index contributed by atoms with van der Waals surface area (Å²) in [6.45, 7) is 1.78. The van der Waals surface area contributed by atoms with E-state index in [0.717, 1.165) is 10.8 Å². The number of thiazole rings is 1. The van der Waals surface area contributed by atoms with Crippen LogP contribution in [0.4, 0.5) is 5.69 Å². The minimum Gasteiger partial charge on any atom is -0.465 e. The SMILES string of the molecule is CCOC(=O)Cn1c(=NC(=O)c2cc(Cl)ccc2[N+](=O)[O-])sc2ccccc21. The highest BCUT2D eigenvalue weighted by Gasteiger charge is 2.21. The number of nitrogens with zero attached hydrogens (tertiary/aromatic N) is 3. The molecule has 1 heterocycles. The average Bonchev–Trinajstić information content (AvgIpc) is 2.98. The summed E-state index contributed by atoms with van der Waals surface area (Å²) >= 11 is 7.08. The van der Waals surface area contributed by atoms with Crippen molar-refractivity contribution in [3.8, 4) is 0 Å². The van der Waals surface area contributed by atoms with Crippen LogP contribution in [0.2, 0.25) is 5.02 Å². The third kappa shape index (κ3) is 4.10. The predicted molar refractivity (Wildman–Crippen MR) is 104 cm³/mol. The normalized spacial score (nSPS) is 11.6. The molecule has 0 N–H and O–H groups in total. The molecular formula is C18H14ClN3O5S. The summed E-state index contributed by atoms with van der Waals surface area (Å²) in [4.78, 5) is 39.5. The number of hydrogen-bond donors (Lipinski definition) is 0. The van der Waals surface area contributed by atoms with Crippen molar-refractivity contribution in [2.75, 3.05) is 6.61 Å². The van der Waals surface area contributed by atoms with Gasteiger partial charge in [0.25, 0.3) is 11.6 Å². The van der Waals surface area contributed by atoms with Gasteiger partial charge in [0.1, 0.15) is 12.1 Å². The zero-order valence-electron chi connectivity index (χ0n) is 14.6. The maximum atomic E-state index is 12.7. The fourth-order valence-electron chi connectivity index (χ4n) is 2.58. The minimum absolute atomic E-state index is 0.137. The molecule has 0 bridgehead atoms. The molecule has 0 aliphatic heterocycles. The fraction of sp³-hybridized carbons (Fsp3) is 0.167. The third-order valence-corrected chi connectivity index (χ3v) is 5.06. The van der Waals surface area contributed by atoms with E-state index in [2.05, 4.69) is 4.99 Å². The number of esters is 1. The molecule has 144 valence electrons. The first-order valence-corrected chi connectivity index (χ1v) is 9.37. The number of hydrogen-bond acceptors (Lipinski definition) is 6. The molecule has 8 nitrogen and oxygen atoms in total. The Morgan fingerprint density at radius 2 is 2.04 bits per heavy atom. The van der Waals surface area contributed by atoms with Gasteiger partial charge >= 0.3 is 5.97 Å². The summed E-state index contributed by atoms with van der Waals surface area (Å²) in [6, 6.07) is 10.9. The average molecular weight is 420 g/mol. The Kier molecular flexibility index (Phi) is 5.86. The molecule has 0 saturated carbocycles. The molecule has 1 amide bonds. The van der Waals surface area contributed by atoms with E-state index in [0.29, 0.717) is 5.52 Å². The van der Waals surface area contributed by atoms with Gasteiger partial charge in [-0.2, -0.15) is 4.99 Å². The second-order valence-electron chi connectivity index (χ2n) is 5.58. The van der Waals surface area contributed by atoms with Crippen LogP contribution in [0.3, 0.4) is 0 Å². The van der Waals surface area contributed by atoms with Crippen LogP contribution in [0.5, 0.6) is 0 Å². The van der Waals surface area contributed by atoms with E-state index >= 15 is 0 Å². The van der Waals surface area contributed by atoms with Crippen LogP contribution in [-0.2, 0) is 16.1 Å². The molecule has 3 rings (SSSR count). The molecule has 28 heavy (non-hydrogen) atoms. The van der Waals surface area contributed by atoms with E-state index in [4.69, 9.17) is 16.3 Å². The summed E-state index contributed by atoms with van der Waals surface area (Å²) in [6.07, 6.45) is 0. The van der Waals surface area contributed by atoms with Crippen LogP contribution in [0.25, 0.3) is 10.2 Å². The number of aromatic nitrogens is 1. The largest absolute Gasteiger partial charge is 0.465 e. The zero-order valence-corrected chi connectivity index (χ0v) is 16.2. The van der Waals surface area contributed by atoms with Crippen molar-refractivity contribution >= 4 is 50.7 Å². The fourth-order valence-corrected chi connectivity index (χ4v) is 3.78. The Morgan fingerprint density at radius 1 is 1.29 bits per heavy atom. The van der Waals surface area contributed by atoms with Crippen LogP contribution in [-0.4, -0.2) is 28.0 Å². The summed E-state index contributed by atoms with van der Waals surface area (Å²) < 4.78 is 7.34. The Labute approximate surface area is 167 Å². The molecule has 0 aliphatic rings. The second-order valence-corrected chi connectivity index (χ2v) is 7.02. The van der Waals surface area contributed by atoms with Crippen molar-refractivity contribution in [3.05, 3.63) is 68.0 Å². The van der Waals surface area contributed by atoms with Gasteiger partial charge in [-0.3, -0.25) is 19.7 Å². The lowest BCUT2D eigenvalue weighted by atomic mass is 10.2. The smallest absolute Gasteiger partial charge is 0.326 e. The number of rotatable bonds is 5. The molecule has 10 heteroatoms. The molecule has 0 fully saturated rings. The maximum Gasteiger partial charge on any atom is 0.326 e. The molecule has 1 aromatic heterocycles. The van der Waals surface area contributed by atoms with Crippen LogP contribution in [0, 0.1) is 10.1 Å². The molecule has 0 saturated heterocycles. The Bertz CT molecular complexity index is 1150. The summed E-state index contributed by atoms with van der Waals surface area (Å²) in [5.74, 6) is -1.30. The Morgan fingerprint density at radius 3 is 2.75 bits per heavy atom. The minimum atomic E-state index is -0.821. The summed E-state index contributed by atoms with van der Waals surface area (Å²) in [7, 11) is 0. The van der Waals surface area contributed by atoms with Crippen molar-refractivity contribution in [1.82, 2.24) is 4.57 Å². The number of amides is 1. The first-order valence-electron chi connectivity index (χ1n) is 8.17. The van der Waals surface area contributed by atoms with Crippen LogP contribution in [0.15, 0.2) is 47.5 Å². The van der Waals surface area contributed by atoms with Gasteiger partial charge in [-0.05, 0) is 31.2 Å². The summed E-state index contributed by atoms with van der Waals surface area (Å²) in [5.41, 5.74) is 0.0848. The molecule has 0 unspecified atom stereocenters. The Hall–Kier alpha value is -3.04. The number of nitro benzene ring substituents is 1. The first kappa shape index (κ1) is 19.7. The van der Waals surface area contributed by atoms with Gasteiger partial charge in [-0.15, -0.1) is 0 Å². The predicted octanol–water partition coefficient (Wildman–Crippen LogP) is 3.57. The quantitative estimate of drug-likeness (QED) is 0.357. The van der Waals surface area contributed by atoms with E-state index in [1.54, 1.807) is 23.6 Å². The summed E-state index contributed by atoms with van der Waals surface area (Å²) in [5, 5.41) is 11.4. The lowest BCUT2D eigenvalue weighted by Crippen LogP contribution is -2.23. The maximum absolute atomic E-state index is 12.7. The number of para-hydroxylation sites is 1. The lowest BCUT2D eigenvalue weighted by molar-refractivity contribution is -0.385. The highest BCUT2D eigenvalue weighted by atomic mass is 35.5. The van der Waals surface area contributed by atoms with Gasteiger partial charge in [0.05, 0.1) is 21.7 Å². The van der Waals surface area contributed by atoms with E-state index < -0.39 is 22.5 Å². The number of carbonyl (C=O) groups excluding carboxylic acids is 2. The molecule has 0 radical (unpaired) electrons. The van der Waals surface area contributed by atoms with Crippen molar-refractivity contribution in [2.45, 2.75) is 13.5 Å². The van der Waals surface area contributed by atoms with E-state index in [1.165, 1.54) is 23.5 Å². The highest BCUT2D eigenvalue weighted by molar-refractivity contribution is 7.16. The monoisotopic (exact) mass is 419 g/mol. The molecule has 0 atom stereocenters. The van der Waals surface area contributed by atoms with Gasteiger partial charge < -0.3 is 9.30 Å². The van der Waals surface area contributed by atoms with Crippen LogP contribution < -0.4 is 4.80 Å². The standard InChI is InChI=1S/C18H14ClN3O5S/c1-2-27-16(23)10-21-14-5-3-4-6-15(14)28-18(21)20-17(24)12-9-11(19)7-8-13(12)22(25)26/h3-9H,2,10H2,1H3. The van der Waals surface area contributed by atoms with Crippen molar-refractivity contribution in [2.24, 2.45) is 4.99 Å². The van der Waals surface area contributed by atoms with Crippen molar-refractivity contribution in [3.63, 3.8) is 0 Å². The Balaban J connectivity index is 2.14. The van der Waals surface area contributed by atoms with Gasteiger partial charge in [-0.25, -0.2) is 0 Å². The van der Waals surface area contributed by atoms with Crippen molar-refractivity contribution < 1.29 is 19.2 Å². The zero-order chi connectivity index (χ0) is 20.3. The van der Waals surface area contributed by atoms with E-state index in [1.807, 2.05) is 12.1 Å². The van der Waals surface area contributed by atoms with E-state index in [9.17, 15) is 19.7 Å². The molecule has 3 aromatic rings. The van der Waals surface area contributed by atoms with Gasteiger partial charge in [0, 0.05) is 11.1 Å². The van der Waals surface area contributed by atoms with Gasteiger partial charge in [0.15, 0.2) is 4.80 Å². The number of nitro groups is 1. The third-order valence-electron chi connectivity index (χ3n) is 3.76. The number of carbonyl (C=O) groups is 2. The van der Waals surface area contributed by atoms with Gasteiger partial charge in [0.2, 0.25) is 0 Å². The second kappa shape index (κ2) is 8.32. The van der Waals surface area contributed by atoms with E-state index in [-0.39, 0.29) is 28.5 Å². The first-order chi connectivity index (χ1) is 13.4. The van der Waals surface area contributed by atoms with Crippen LogP contribution >= 0.6 is 22.9 Å². The van der Waals surface area contributed by atoms with Crippen molar-refractivity contribution in [1.29, 1.82) is 0 Å². The number of ether oxygens (including phenoxy) is 1. The molecule has 2 aromatic carbocycles. The molecule has 0 spiro atoms. The number of halogens is 1. The molecule has 0 aliphatic carbocycles. The number of benzene rings is 2. The lowest BCUT2D eigenvalue weighted by Gasteiger charge is -2.05. The highest BCUT2D eigenvalue weighted by Crippen LogP contribution is 2.24. The van der Waals surface area contributed by atoms with Gasteiger partial charge in [-0.1, -0.05) is 35.1 Å².